The largest absolute Gasteiger partial charge is 1.00 e. The maximum Gasteiger partial charge on any atom is 1.00 e. The van der Waals surface area contributed by atoms with Crippen LogP contribution in [0.2, 0.25) is 0 Å². The molecule has 0 N–H and O–H groups in total. The van der Waals surface area contributed by atoms with Crippen LogP contribution < -0.4 is 39.4 Å². The van der Waals surface area contributed by atoms with Gasteiger partial charge in [0, 0.05) is 11.1 Å². The van der Waals surface area contributed by atoms with Crippen molar-refractivity contribution in [3.05, 3.63) is 34.9 Å². The molecule has 1 aromatic carbocycles. The van der Waals surface area contributed by atoms with Gasteiger partial charge in [-0.05, 0) is 30.2 Å². The average Bonchev–Trinajstić information content (AvgIpc) is 2.35. The number of carboxylic acid groups (broad SMARTS) is 1. The molecule has 0 aliphatic carbocycles. The van der Waals surface area contributed by atoms with E-state index < -0.39 is 23.8 Å². The number of aryl methyl sites for hydroxylation is 1. The van der Waals surface area contributed by atoms with Gasteiger partial charge in [0.25, 0.3) is 0 Å². The standard InChI is InChI=1S/C13H11F3O3.Na/c1-2-7-3-4-10-8(5-7)6-9(12(17)18)11(19-10)13(14,15)16;/h3-6,11H,2H2,1H3,(H,17,18);/q;+1/p-1. The Morgan fingerprint density at radius 1 is 1.40 bits per heavy atom. The van der Waals surface area contributed by atoms with Gasteiger partial charge in [0.1, 0.15) is 5.75 Å². The van der Waals surface area contributed by atoms with Crippen LogP contribution in [0.25, 0.3) is 6.08 Å². The summed E-state index contributed by atoms with van der Waals surface area (Å²) in [6, 6.07) is 4.66. The molecule has 0 bridgehead atoms. The number of carboxylic acids is 1. The zero-order valence-electron chi connectivity index (χ0n) is 11.0. The van der Waals surface area contributed by atoms with E-state index in [1.165, 1.54) is 6.07 Å². The SMILES string of the molecule is CCc1ccc2c(c1)C=C(C(=O)[O-])C(C(F)(F)F)O2.[Na+]. The summed E-state index contributed by atoms with van der Waals surface area (Å²) >= 11 is 0. The molecule has 0 fully saturated rings. The molecule has 1 aliphatic rings. The topological polar surface area (TPSA) is 49.4 Å². The van der Waals surface area contributed by atoms with Gasteiger partial charge in [-0.2, -0.15) is 13.2 Å². The minimum Gasteiger partial charge on any atom is -0.545 e. The van der Waals surface area contributed by atoms with E-state index in [-0.39, 0.29) is 35.3 Å². The number of ether oxygens (including phenoxy) is 1. The van der Waals surface area contributed by atoms with Crippen molar-refractivity contribution >= 4 is 12.0 Å². The van der Waals surface area contributed by atoms with E-state index >= 15 is 0 Å². The Kier molecular flexibility index (Phi) is 5.29. The number of hydrogen-bond acceptors (Lipinski definition) is 3. The van der Waals surface area contributed by atoms with E-state index in [1.54, 1.807) is 12.1 Å². The molecule has 0 saturated carbocycles. The summed E-state index contributed by atoms with van der Waals surface area (Å²) in [5.41, 5.74) is 0.286. The first kappa shape index (κ1) is 17.1. The van der Waals surface area contributed by atoms with Crippen LogP contribution >= 0.6 is 0 Å². The zero-order chi connectivity index (χ0) is 14.2. The quantitative estimate of drug-likeness (QED) is 0.638. The minimum atomic E-state index is -4.80. The summed E-state index contributed by atoms with van der Waals surface area (Å²) in [6.45, 7) is 1.88. The molecule has 0 saturated heterocycles. The van der Waals surface area contributed by atoms with Crippen LogP contribution in [0.15, 0.2) is 23.8 Å². The van der Waals surface area contributed by atoms with Gasteiger partial charge >= 0.3 is 35.7 Å². The molecule has 1 aliphatic heterocycles. The number of aliphatic carboxylic acids is 1. The van der Waals surface area contributed by atoms with Crippen LogP contribution in [-0.2, 0) is 11.2 Å². The summed E-state index contributed by atoms with van der Waals surface area (Å²) < 4.78 is 43.0. The van der Waals surface area contributed by atoms with Crippen LogP contribution in [0.3, 0.4) is 0 Å². The smallest absolute Gasteiger partial charge is 0.545 e. The van der Waals surface area contributed by atoms with E-state index in [2.05, 4.69) is 0 Å². The maximum absolute atomic E-state index is 12.7. The maximum atomic E-state index is 12.7. The van der Waals surface area contributed by atoms with Crippen molar-refractivity contribution in [3.8, 4) is 5.75 Å². The summed E-state index contributed by atoms with van der Waals surface area (Å²) in [5.74, 6) is -1.86. The van der Waals surface area contributed by atoms with Crippen molar-refractivity contribution in [2.75, 3.05) is 0 Å². The van der Waals surface area contributed by atoms with Gasteiger partial charge in [-0.15, -0.1) is 0 Å². The molecule has 3 nitrogen and oxygen atoms in total. The Bertz CT molecular complexity index is 552. The van der Waals surface area contributed by atoms with E-state index in [9.17, 15) is 23.1 Å². The molecule has 0 amide bonds. The molecule has 102 valence electrons. The Hall–Kier alpha value is -0.980. The first-order valence-electron chi connectivity index (χ1n) is 5.62. The second kappa shape index (κ2) is 6.20. The fourth-order valence-electron chi connectivity index (χ4n) is 1.88. The molecular formula is C13H10F3NaO3. The molecular weight excluding hydrogens is 284 g/mol. The van der Waals surface area contributed by atoms with Crippen LogP contribution in [0.4, 0.5) is 13.2 Å². The van der Waals surface area contributed by atoms with Crippen molar-refractivity contribution in [1.82, 2.24) is 0 Å². The number of halogens is 3. The predicted molar refractivity (Wildman–Crippen MR) is 59.3 cm³/mol. The number of carbonyl (C=O) groups excluding carboxylic acids is 1. The van der Waals surface area contributed by atoms with E-state index in [0.717, 1.165) is 11.6 Å². The molecule has 7 heteroatoms. The second-order valence-electron chi connectivity index (χ2n) is 4.15. The molecule has 1 heterocycles. The average molecular weight is 294 g/mol. The first-order valence-corrected chi connectivity index (χ1v) is 5.62. The van der Waals surface area contributed by atoms with Crippen LogP contribution in [-0.4, -0.2) is 18.2 Å². The van der Waals surface area contributed by atoms with Crippen molar-refractivity contribution < 1.29 is 57.4 Å². The van der Waals surface area contributed by atoms with E-state index in [4.69, 9.17) is 4.74 Å². The molecule has 20 heavy (non-hydrogen) atoms. The Labute approximate surface area is 135 Å². The Balaban J connectivity index is 0.00000200. The van der Waals surface area contributed by atoms with Crippen molar-refractivity contribution in [1.29, 1.82) is 0 Å². The molecule has 2 rings (SSSR count). The van der Waals surface area contributed by atoms with Gasteiger partial charge in [-0.25, -0.2) is 0 Å². The van der Waals surface area contributed by atoms with E-state index in [0.29, 0.717) is 12.0 Å². The van der Waals surface area contributed by atoms with Gasteiger partial charge in [0.05, 0.1) is 5.97 Å². The molecule has 1 atom stereocenters. The number of fused-ring (bicyclic) bond motifs is 1. The summed E-state index contributed by atoms with van der Waals surface area (Å²) in [7, 11) is 0. The van der Waals surface area contributed by atoms with Gasteiger partial charge in [-0.3, -0.25) is 0 Å². The fourth-order valence-corrected chi connectivity index (χ4v) is 1.88. The second-order valence-corrected chi connectivity index (χ2v) is 4.15. The fraction of sp³-hybridized carbons (Fsp3) is 0.308. The molecule has 0 radical (unpaired) electrons. The number of alkyl halides is 3. The zero-order valence-corrected chi connectivity index (χ0v) is 13.0. The third-order valence-electron chi connectivity index (χ3n) is 2.85. The van der Waals surface area contributed by atoms with Gasteiger partial charge in [0.2, 0.25) is 6.10 Å². The van der Waals surface area contributed by atoms with E-state index in [1.807, 2.05) is 6.92 Å². The number of rotatable bonds is 2. The van der Waals surface area contributed by atoms with Gasteiger partial charge in [-0.1, -0.05) is 13.0 Å². The monoisotopic (exact) mass is 294 g/mol. The van der Waals surface area contributed by atoms with Crippen molar-refractivity contribution in [2.24, 2.45) is 0 Å². The number of benzene rings is 1. The summed E-state index contributed by atoms with van der Waals surface area (Å²) in [4.78, 5) is 10.8. The Morgan fingerprint density at radius 2 is 2.05 bits per heavy atom. The summed E-state index contributed by atoms with van der Waals surface area (Å²) in [6.07, 6.45) is -5.64. The third kappa shape index (κ3) is 3.37. The van der Waals surface area contributed by atoms with Gasteiger partial charge in [0.15, 0.2) is 0 Å². The van der Waals surface area contributed by atoms with Crippen LogP contribution in [0.1, 0.15) is 18.1 Å². The van der Waals surface area contributed by atoms with Crippen LogP contribution in [0, 0.1) is 0 Å². The number of carbonyl (C=O) groups is 1. The van der Waals surface area contributed by atoms with Crippen molar-refractivity contribution in [2.45, 2.75) is 25.6 Å². The third-order valence-corrected chi connectivity index (χ3v) is 2.85. The predicted octanol–water partition coefficient (Wildman–Crippen LogP) is -1.29. The number of hydrogen-bond donors (Lipinski definition) is 0. The normalized spacial score (nSPS) is 17.4. The van der Waals surface area contributed by atoms with Crippen LogP contribution in [0.5, 0.6) is 5.75 Å². The Morgan fingerprint density at radius 3 is 2.55 bits per heavy atom. The molecule has 1 aromatic rings. The molecule has 1 unspecified atom stereocenters. The van der Waals surface area contributed by atoms with Crippen molar-refractivity contribution in [3.63, 3.8) is 0 Å². The first-order chi connectivity index (χ1) is 8.82. The summed E-state index contributed by atoms with van der Waals surface area (Å²) in [5, 5.41) is 10.8. The molecule has 0 aromatic heterocycles. The molecule has 0 spiro atoms. The van der Waals surface area contributed by atoms with Gasteiger partial charge < -0.3 is 14.6 Å². The minimum absolute atomic E-state index is 0.